The first kappa shape index (κ1) is 13.8. The molecule has 1 N–H and O–H groups in total. The summed E-state index contributed by atoms with van der Waals surface area (Å²) in [7, 11) is 0. The van der Waals surface area contributed by atoms with Gasteiger partial charge in [-0.1, -0.05) is 17.7 Å². The molecule has 0 saturated carbocycles. The van der Waals surface area contributed by atoms with E-state index in [1.165, 1.54) is 0 Å². The van der Waals surface area contributed by atoms with Crippen LogP contribution < -0.4 is 0 Å². The predicted molar refractivity (Wildman–Crippen MR) is 61.8 cm³/mol. The molecule has 0 saturated heterocycles. The van der Waals surface area contributed by atoms with Gasteiger partial charge in [0.2, 0.25) is 0 Å². The number of aliphatic hydroxyl groups is 1. The van der Waals surface area contributed by atoms with Gasteiger partial charge in [-0.3, -0.25) is 0 Å². The summed E-state index contributed by atoms with van der Waals surface area (Å²) in [6.45, 7) is 0. The molecule has 0 aliphatic carbocycles. The summed E-state index contributed by atoms with van der Waals surface area (Å²) in [6.07, 6.45) is -1.49. The molecule has 0 aromatic heterocycles. The van der Waals surface area contributed by atoms with Gasteiger partial charge in [-0.2, -0.15) is 0 Å². The van der Waals surface area contributed by atoms with Gasteiger partial charge in [0, 0.05) is 10.6 Å². The normalized spacial score (nSPS) is 12.5. The maximum Gasteiger partial charge on any atom is 0.160 e. The minimum atomic E-state index is -1.49. The summed E-state index contributed by atoms with van der Waals surface area (Å²) in [5, 5.41) is 9.73. The lowest BCUT2D eigenvalue weighted by molar-refractivity contribution is 0.219. The highest BCUT2D eigenvalue weighted by molar-refractivity contribution is 6.31. The number of aliphatic hydroxyl groups excluding tert-OH is 1. The average molecular weight is 291 g/mol. The molecule has 0 heterocycles. The number of hydrogen-bond acceptors (Lipinski definition) is 1. The fourth-order valence-corrected chi connectivity index (χ4v) is 1.86. The quantitative estimate of drug-likeness (QED) is 0.655. The van der Waals surface area contributed by atoms with Crippen molar-refractivity contribution < 1.29 is 22.7 Å². The first-order valence-corrected chi connectivity index (χ1v) is 5.55. The highest BCUT2D eigenvalue weighted by Crippen LogP contribution is 2.30. The van der Waals surface area contributed by atoms with Gasteiger partial charge in [-0.15, -0.1) is 0 Å². The Morgan fingerprint density at radius 1 is 0.842 bits per heavy atom. The van der Waals surface area contributed by atoms with Crippen molar-refractivity contribution in [3.05, 3.63) is 69.8 Å². The minimum Gasteiger partial charge on any atom is -0.384 e. The van der Waals surface area contributed by atoms with E-state index >= 15 is 0 Å². The third-order valence-corrected chi connectivity index (χ3v) is 2.92. The molecule has 1 atom stereocenters. The van der Waals surface area contributed by atoms with Crippen molar-refractivity contribution in [2.45, 2.75) is 6.10 Å². The molecular formula is C13H7ClF4O. The SMILES string of the molecule is OC(c1ccc(F)c(F)c1)c1cc(F)c(F)cc1Cl. The minimum absolute atomic E-state index is 0.0215. The summed E-state index contributed by atoms with van der Waals surface area (Å²) in [5.74, 6) is -4.59. The zero-order valence-corrected chi connectivity index (χ0v) is 10.1. The molecule has 2 aromatic rings. The molecule has 1 nitrogen and oxygen atoms in total. The summed E-state index contributed by atoms with van der Waals surface area (Å²) in [4.78, 5) is 0. The van der Waals surface area contributed by atoms with Crippen LogP contribution in [0.1, 0.15) is 17.2 Å². The third-order valence-electron chi connectivity index (χ3n) is 2.59. The van der Waals surface area contributed by atoms with Gasteiger partial charge < -0.3 is 5.11 Å². The van der Waals surface area contributed by atoms with Crippen molar-refractivity contribution in [3.8, 4) is 0 Å². The molecule has 0 amide bonds. The lowest BCUT2D eigenvalue weighted by Gasteiger charge is -2.13. The summed E-state index contributed by atoms with van der Waals surface area (Å²) < 4.78 is 51.8. The summed E-state index contributed by atoms with van der Waals surface area (Å²) >= 11 is 5.68. The second-order valence-electron chi connectivity index (χ2n) is 3.86. The van der Waals surface area contributed by atoms with Gasteiger partial charge in [0.05, 0.1) is 0 Å². The Bertz CT molecular complexity index is 630. The van der Waals surface area contributed by atoms with E-state index in [0.717, 1.165) is 18.2 Å². The van der Waals surface area contributed by atoms with Crippen LogP contribution in [0.4, 0.5) is 17.6 Å². The number of hydrogen-bond donors (Lipinski definition) is 1. The maximum absolute atomic E-state index is 13.1. The third kappa shape index (κ3) is 2.72. The molecule has 2 rings (SSSR count). The fraction of sp³-hybridized carbons (Fsp3) is 0.0769. The molecule has 6 heteroatoms. The van der Waals surface area contributed by atoms with E-state index in [9.17, 15) is 22.7 Å². The lowest BCUT2D eigenvalue weighted by Crippen LogP contribution is -2.03. The van der Waals surface area contributed by atoms with Crippen LogP contribution in [0.3, 0.4) is 0 Å². The number of rotatable bonds is 2. The van der Waals surface area contributed by atoms with Crippen LogP contribution in [0.15, 0.2) is 30.3 Å². The van der Waals surface area contributed by atoms with Crippen LogP contribution in [0.5, 0.6) is 0 Å². The van der Waals surface area contributed by atoms with E-state index in [2.05, 4.69) is 0 Å². The first-order chi connectivity index (χ1) is 8.90. The zero-order valence-electron chi connectivity index (χ0n) is 9.30. The van der Waals surface area contributed by atoms with Gasteiger partial charge in [0.25, 0.3) is 0 Å². The second kappa shape index (κ2) is 5.19. The Balaban J connectivity index is 2.46. The van der Waals surface area contributed by atoms with Crippen LogP contribution in [0.25, 0.3) is 0 Å². The molecule has 1 unspecified atom stereocenters. The van der Waals surface area contributed by atoms with Crippen molar-refractivity contribution in [2.75, 3.05) is 0 Å². The first-order valence-electron chi connectivity index (χ1n) is 5.17. The van der Waals surface area contributed by atoms with E-state index in [0.29, 0.717) is 12.1 Å². The molecule has 0 spiro atoms. The Kier molecular flexibility index (Phi) is 3.78. The lowest BCUT2D eigenvalue weighted by atomic mass is 10.0. The Morgan fingerprint density at radius 3 is 2.05 bits per heavy atom. The van der Waals surface area contributed by atoms with Crippen molar-refractivity contribution >= 4 is 11.6 Å². The fourth-order valence-electron chi connectivity index (χ4n) is 1.61. The summed E-state index contributed by atoms with van der Waals surface area (Å²) in [6, 6.07) is 4.12. The molecule has 0 fully saturated rings. The van der Waals surface area contributed by atoms with Gasteiger partial charge in [0.15, 0.2) is 23.3 Å². The van der Waals surface area contributed by atoms with E-state index in [-0.39, 0.29) is 16.1 Å². The molecule has 0 radical (unpaired) electrons. The Hall–Kier alpha value is -1.59. The molecule has 100 valence electrons. The van der Waals surface area contributed by atoms with Crippen LogP contribution in [0, 0.1) is 23.3 Å². The van der Waals surface area contributed by atoms with E-state index in [1.54, 1.807) is 0 Å². The number of benzene rings is 2. The average Bonchev–Trinajstić information content (AvgIpc) is 2.36. The second-order valence-corrected chi connectivity index (χ2v) is 4.27. The monoisotopic (exact) mass is 290 g/mol. The maximum atomic E-state index is 13.1. The standard InChI is InChI=1S/C13H7ClF4O/c14-8-5-12(18)11(17)4-7(8)13(19)6-1-2-9(15)10(16)3-6/h1-5,13,19H. The Labute approximate surface area is 111 Å². The van der Waals surface area contributed by atoms with Crippen LogP contribution in [0.2, 0.25) is 5.02 Å². The molecule has 19 heavy (non-hydrogen) atoms. The predicted octanol–water partition coefficient (Wildman–Crippen LogP) is 3.98. The van der Waals surface area contributed by atoms with Crippen molar-refractivity contribution in [1.82, 2.24) is 0 Å². The van der Waals surface area contributed by atoms with Crippen molar-refractivity contribution in [2.24, 2.45) is 0 Å². The van der Waals surface area contributed by atoms with Crippen molar-refractivity contribution in [1.29, 1.82) is 0 Å². The van der Waals surface area contributed by atoms with Crippen molar-refractivity contribution in [3.63, 3.8) is 0 Å². The van der Waals surface area contributed by atoms with Gasteiger partial charge in [-0.25, -0.2) is 17.6 Å². The van der Waals surface area contributed by atoms with E-state index in [1.807, 2.05) is 0 Å². The largest absolute Gasteiger partial charge is 0.384 e. The van der Waals surface area contributed by atoms with Crippen LogP contribution in [-0.2, 0) is 0 Å². The smallest absolute Gasteiger partial charge is 0.160 e. The van der Waals surface area contributed by atoms with Gasteiger partial charge in [-0.05, 0) is 29.8 Å². The van der Waals surface area contributed by atoms with Crippen LogP contribution >= 0.6 is 11.6 Å². The summed E-state index contributed by atoms with van der Waals surface area (Å²) in [5.41, 5.74) is -0.154. The Morgan fingerprint density at radius 2 is 1.42 bits per heavy atom. The van der Waals surface area contributed by atoms with Crippen LogP contribution in [-0.4, -0.2) is 5.11 Å². The molecular weight excluding hydrogens is 284 g/mol. The number of halogens is 5. The highest BCUT2D eigenvalue weighted by atomic mass is 35.5. The van der Waals surface area contributed by atoms with Gasteiger partial charge in [0.1, 0.15) is 6.10 Å². The van der Waals surface area contributed by atoms with E-state index in [4.69, 9.17) is 11.6 Å². The topological polar surface area (TPSA) is 20.2 Å². The van der Waals surface area contributed by atoms with Gasteiger partial charge >= 0.3 is 0 Å². The molecule has 0 aliphatic heterocycles. The zero-order chi connectivity index (χ0) is 14.2. The van der Waals surface area contributed by atoms with E-state index < -0.39 is 29.4 Å². The molecule has 2 aromatic carbocycles. The highest BCUT2D eigenvalue weighted by Gasteiger charge is 2.18. The molecule has 0 aliphatic rings. The molecule has 0 bridgehead atoms.